The van der Waals surface area contributed by atoms with Crippen LogP contribution in [0.2, 0.25) is 0 Å². The van der Waals surface area contributed by atoms with Crippen LogP contribution in [-0.2, 0) is 9.53 Å². The van der Waals surface area contributed by atoms with Gasteiger partial charge in [-0.1, -0.05) is 30.3 Å². The lowest BCUT2D eigenvalue weighted by Gasteiger charge is -2.23. The molecule has 0 aliphatic carbocycles. The van der Waals surface area contributed by atoms with E-state index in [1.807, 2.05) is 30.3 Å². The Bertz CT molecular complexity index is 907. The second kappa shape index (κ2) is 11.0. The number of benzene rings is 2. The first-order chi connectivity index (χ1) is 14.7. The van der Waals surface area contributed by atoms with Crippen molar-refractivity contribution in [1.29, 1.82) is 0 Å². The lowest BCUT2D eigenvalue weighted by Crippen LogP contribution is -2.36. The van der Waals surface area contributed by atoms with E-state index >= 15 is 0 Å². The third kappa shape index (κ3) is 8.00. The van der Waals surface area contributed by atoms with Gasteiger partial charge in [0.05, 0.1) is 32.9 Å². The smallest absolute Gasteiger partial charge is 0.408 e. The van der Waals surface area contributed by atoms with Crippen LogP contribution in [0.25, 0.3) is 0 Å². The van der Waals surface area contributed by atoms with Crippen LogP contribution in [0.3, 0.4) is 0 Å². The van der Waals surface area contributed by atoms with Gasteiger partial charge in [0.2, 0.25) is 5.91 Å². The molecule has 0 saturated heterocycles. The van der Waals surface area contributed by atoms with Crippen molar-refractivity contribution >= 4 is 18.2 Å². The molecule has 0 heterocycles. The Morgan fingerprint density at radius 3 is 2.32 bits per heavy atom. The van der Waals surface area contributed by atoms with Crippen LogP contribution in [0.5, 0.6) is 11.5 Å². The maximum absolute atomic E-state index is 12.4. The van der Waals surface area contributed by atoms with E-state index in [0.717, 1.165) is 11.1 Å². The summed E-state index contributed by atoms with van der Waals surface area (Å²) < 4.78 is 15.8. The van der Waals surface area contributed by atoms with Gasteiger partial charge in [-0.2, -0.15) is 5.10 Å². The Balaban J connectivity index is 2.03. The van der Waals surface area contributed by atoms with E-state index in [4.69, 9.17) is 14.2 Å². The van der Waals surface area contributed by atoms with Gasteiger partial charge in [0.1, 0.15) is 5.60 Å². The molecule has 1 atom stereocenters. The fourth-order valence-corrected chi connectivity index (χ4v) is 2.73. The standard InChI is InChI=1S/C23H29N3O5/c1-23(2,3)31-22(28)25-18(17-9-7-6-8-10-17)14-21(27)26-24-15-16-11-12-19(29-4)20(13-16)30-5/h6-13,15,18H,14H2,1-5H3,(H,25,28)(H,26,27)/b24-15+/t18-/m0/s1. The molecular formula is C23H29N3O5. The lowest BCUT2D eigenvalue weighted by atomic mass is 10.0. The van der Waals surface area contributed by atoms with E-state index < -0.39 is 17.7 Å². The molecule has 0 aliphatic heterocycles. The molecule has 2 aromatic carbocycles. The number of hydrogen-bond acceptors (Lipinski definition) is 6. The molecule has 0 bridgehead atoms. The number of carbonyl (C=O) groups excluding carboxylic acids is 2. The number of methoxy groups -OCH3 is 2. The van der Waals surface area contributed by atoms with E-state index in [2.05, 4.69) is 15.8 Å². The maximum atomic E-state index is 12.4. The van der Waals surface area contributed by atoms with Crippen LogP contribution in [0.4, 0.5) is 4.79 Å². The molecule has 0 spiro atoms. The first-order valence-corrected chi connectivity index (χ1v) is 9.80. The van der Waals surface area contributed by atoms with Crippen LogP contribution in [-0.4, -0.2) is 38.0 Å². The van der Waals surface area contributed by atoms with Gasteiger partial charge in [-0.3, -0.25) is 4.79 Å². The van der Waals surface area contributed by atoms with Gasteiger partial charge in [0.15, 0.2) is 11.5 Å². The third-order valence-electron chi connectivity index (χ3n) is 4.09. The second-order valence-corrected chi connectivity index (χ2v) is 7.72. The van der Waals surface area contributed by atoms with Crippen molar-refractivity contribution in [2.24, 2.45) is 5.10 Å². The number of amides is 2. The second-order valence-electron chi connectivity index (χ2n) is 7.72. The number of rotatable bonds is 8. The van der Waals surface area contributed by atoms with Crippen LogP contribution in [0.1, 0.15) is 44.4 Å². The molecule has 0 saturated carbocycles. The number of nitrogens with zero attached hydrogens (tertiary/aromatic N) is 1. The minimum atomic E-state index is -0.642. The van der Waals surface area contributed by atoms with Gasteiger partial charge in [-0.05, 0) is 50.1 Å². The fraction of sp³-hybridized carbons (Fsp3) is 0.348. The van der Waals surface area contributed by atoms with E-state index in [9.17, 15) is 9.59 Å². The summed E-state index contributed by atoms with van der Waals surface area (Å²) in [6.45, 7) is 5.33. The zero-order valence-corrected chi connectivity index (χ0v) is 18.5. The van der Waals surface area contributed by atoms with Crippen molar-refractivity contribution < 1.29 is 23.8 Å². The zero-order chi connectivity index (χ0) is 22.9. The van der Waals surface area contributed by atoms with Gasteiger partial charge in [-0.25, -0.2) is 10.2 Å². The van der Waals surface area contributed by atoms with E-state index in [1.165, 1.54) is 6.21 Å². The molecule has 0 unspecified atom stereocenters. The number of alkyl carbamates (subject to hydrolysis) is 1. The Labute approximate surface area is 182 Å². The molecule has 2 N–H and O–H groups in total. The van der Waals surface area contributed by atoms with Crippen LogP contribution in [0, 0.1) is 0 Å². The molecule has 2 rings (SSSR count). The number of hydrazone groups is 1. The summed E-state index contributed by atoms with van der Waals surface area (Å²) in [7, 11) is 3.10. The van der Waals surface area contributed by atoms with Crippen LogP contribution in [0.15, 0.2) is 53.6 Å². The molecule has 0 aromatic heterocycles. The summed E-state index contributed by atoms with van der Waals surface area (Å²) in [5.41, 5.74) is 3.35. The highest BCUT2D eigenvalue weighted by Gasteiger charge is 2.22. The topological polar surface area (TPSA) is 98.2 Å². The number of ether oxygens (including phenoxy) is 3. The van der Waals surface area contributed by atoms with E-state index in [1.54, 1.807) is 53.2 Å². The minimum absolute atomic E-state index is 0.00741. The third-order valence-corrected chi connectivity index (χ3v) is 4.09. The minimum Gasteiger partial charge on any atom is -0.493 e. The highest BCUT2D eigenvalue weighted by atomic mass is 16.6. The van der Waals surface area contributed by atoms with Crippen molar-refractivity contribution in [3.63, 3.8) is 0 Å². The Hall–Kier alpha value is -3.55. The van der Waals surface area contributed by atoms with Gasteiger partial charge >= 0.3 is 6.09 Å². The molecule has 8 nitrogen and oxygen atoms in total. The molecule has 31 heavy (non-hydrogen) atoms. The quantitative estimate of drug-likeness (QED) is 0.493. The van der Waals surface area contributed by atoms with E-state index in [-0.39, 0.29) is 12.3 Å². The van der Waals surface area contributed by atoms with Crippen molar-refractivity contribution in [2.45, 2.75) is 38.8 Å². The number of hydrogen-bond donors (Lipinski definition) is 2. The first-order valence-electron chi connectivity index (χ1n) is 9.80. The average molecular weight is 428 g/mol. The summed E-state index contributed by atoms with van der Waals surface area (Å²) in [6, 6.07) is 13.9. The van der Waals surface area contributed by atoms with Gasteiger partial charge in [0.25, 0.3) is 0 Å². The summed E-state index contributed by atoms with van der Waals surface area (Å²) in [5.74, 6) is 0.799. The normalized spacial score (nSPS) is 12.2. The monoisotopic (exact) mass is 427 g/mol. The molecule has 0 radical (unpaired) electrons. The summed E-state index contributed by atoms with van der Waals surface area (Å²) in [5, 5.41) is 6.75. The molecular weight excluding hydrogens is 398 g/mol. The Kier molecular flexibility index (Phi) is 8.43. The highest BCUT2D eigenvalue weighted by Crippen LogP contribution is 2.26. The fourth-order valence-electron chi connectivity index (χ4n) is 2.73. The zero-order valence-electron chi connectivity index (χ0n) is 18.5. The summed E-state index contributed by atoms with van der Waals surface area (Å²) in [4.78, 5) is 24.7. The van der Waals surface area contributed by atoms with Crippen molar-refractivity contribution in [2.75, 3.05) is 14.2 Å². The van der Waals surface area contributed by atoms with Crippen LogP contribution < -0.4 is 20.2 Å². The predicted octanol–water partition coefficient (Wildman–Crippen LogP) is 3.81. The lowest BCUT2D eigenvalue weighted by molar-refractivity contribution is -0.121. The van der Waals surface area contributed by atoms with Crippen molar-refractivity contribution in [3.8, 4) is 11.5 Å². The Morgan fingerprint density at radius 2 is 1.71 bits per heavy atom. The molecule has 166 valence electrons. The van der Waals surface area contributed by atoms with Gasteiger partial charge < -0.3 is 19.5 Å². The van der Waals surface area contributed by atoms with Crippen LogP contribution >= 0.6 is 0 Å². The first kappa shape index (κ1) is 23.7. The van der Waals surface area contributed by atoms with Crippen molar-refractivity contribution in [3.05, 3.63) is 59.7 Å². The maximum Gasteiger partial charge on any atom is 0.408 e. The molecule has 2 aromatic rings. The average Bonchev–Trinajstić information content (AvgIpc) is 2.72. The largest absolute Gasteiger partial charge is 0.493 e. The number of carbonyl (C=O) groups is 2. The summed E-state index contributed by atoms with van der Waals surface area (Å²) >= 11 is 0. The van der Waals surface area contributed by atoms with Crippen molar-refractivity contribution in [1.82, 2.24) is 10.7 Å². The van der Waals surface area contributed by atoms with Gasteiger partial charge in [0, 0.05) is 0 Å². The Morgan fingerprint density at radius 1 is 1.03 bits per heavy atom. The highest BCUT2D eigenvalue weighted by molar-refractivity contribution is 5.83. The van der Waals surface area contributed by atoms with Gasteiger partial charge in [-0.15, -0.1) is 0 Å². The molecule has 8 heteroatoms. The predicted molar refractivity (Wildman–Crippen MR) is 118 cm³/mol. The summed E-state index contributed by atoms with van der Waals surface area (Å²) in [6.07, 6.45) is 0.897. The molecule has 2 amide bonds. The molecule has 0 fully saturated rings. The number of nitrogens with one attached hydrogen (secondary N) is 2. The SMILES string of the molecule is COc1ccc(/C=N/NC(=O)C[C@H](NC(=O)OC(C)(C)C)c2ccccc2)cc1OC. The van der Waals surface area contributed by atoms with E-state index in [0.29, 0.717) is 11.5 Å². The molecule has 0 aliphatic rings.